The predicted molar refractivity (Wildman–Crippen MR) is 147 cm³/mol. The van der Waals surface area contributed by atoms with Crippen LogP contribution in [-0.4, -0.2) is 0 Å². The van der Waals surface area contributed by atoms with Crippen molar-refractivity contribution in [3.05, 3.63) is 101 Å². The summed E-state index contributed by atoms with van der Waals surface area (Å²) in [7, 11) is 0. The molecule has 0 aromatic heterocycles. The maximum absolute atomic E-state index is 15.3. The van der Waals surface area contributed by atoms with Gasteiger partial charge in [-0.15, -0.1) is 0 Å². The molecule has 0 nitrogen and oxygen atoms in total. The van der Waals surface area contributed by atoms with Crippen LogP contribution in [0.25, 0.3) is 27.8 Å². The lowest BCUT2D eigenvalue weighted by Crippen LogP contribution is -2.22. The average Bonchev–Trinajstić information content (AvgIpc) is 2.94. The van der Waals surface area contributed by atoms with Gasteiger partial charge in [-0.2, -0.15) is 0 Å². The van der Waals surface area contributed by atoms with E-state index in [1.807, 2.05) is 0 Å². The van der Waals surface area contributed by atoms with Gasteiger partial charge in [-0.05, 0) is 98.8 Å². The maximum Gasteiger partial charge on any atom is 0.167 e. The molecule has 5 rings (SSSR count). The van der Waals surface area contributed by atoms with E-state index in [4.69, 9.17) is 0 Å². The Labute approximate surface area is 223 Å². The smallest absolute Gasteiger partial charge is 0.167 e. The van der Waals surface area contributed by atoms with Crippen molar-refractivity contribution in [2.75, 3.05) is 0 Å². The monoisotopic (exact) mass is 518 g/mol. The first-order valence-corrected chi connectivity index (χ1v) is 13.7. The van der Waals surface area contributed by atoms with Crippen molar-refractivity contribution in [3.8, 4) is 22.3 Å². The molecule has 0 amide bonds. The van der Waals surface area contributed by atoms with E-state index in [-0.39, 0.29) is 16.7 Å². The number of benzene rings is 3. The zero-order valence-corrected chi connectivity index (χ0v) is 22.0. The van der Waals surface area contributed by atoms with Gasteiger partial charge in [-0.1, -0.05) is 66.8 Å². The van der Waals surface area contributed by atoms with E-state index >= 15 is 8.78 Å². The standard InChI is InChI=1S/C34H34F4/c1-3-4-22-6-8-23(9-7-22)24-10-12-25(13-11-24)29-19-20-30(34(38)33(29)37)27-16-14-26(15-17-27)28-18-5-21(2)31(35)32(28)36/h3-5,12,14-20,22-24H,6-11,13H2,1-2H3. The van der Waals surface area contributed by atoms with Gasteiger partial charge >= 0.3 is 0 Å². The number of halogens is 4. The summed E-state index contributed by atoms with van der Waals surface area (Å²) in [6.45, 7) is 3.59. The minimum atomic E-state index is -0.913. The van der Waals surface area contributed by atoms with Crippen LogP contribution in [0.4, 0.5) is 17.6 Å². The van der Waals surface area contributed by atoms with Crippen LogP contribution in [-0.2, 0) is 0 Å². The van der Waals surface area contributed by atoms with E-state index in [2.05, 4.69) is 25.2 Å². The molecule has 1 saturated carbocycles. The Morgan fingerprint density at radius 1 is 0.632 bits per heavy atom. The average molecular weight is 519 g/mol. The van der Waals surface area contributed by atoms with Gasteiger partial charge in [0.05, 0.1) is 0 Å². The highest BCUT2D eigenvalue weighted by Gasteiger charge is 2.29. The Balaban J connectivity index is 1.31. The second-order valence-corrected chi connectivity index (χ2v) is 10.9. The third-order valence-corrected chi connectivity index (χ3v) is 8.61. The molecule has 3 aromatic rings. The minimum absolute atomic E-state index is 0.134. The summed E-state index contributed by atoms with van der Waals surface area (Å²) in [6, 6.07) is 12.8. The molecule has 38 heavy (non-hydrogen) atoms. The molecular formula is C34H34F4. The van der Waals surface area contributed by atoms with Crippen LogP contribution < -0.4 is 0 Å². The lowest BCUT2D eigenvalue weighted by Gasteiger charge is -2.35. The normalized spacial score (nSPS) is 22.1. The molecule has 2 aliphatic carbocycles. The van der Waals surface area contributed by atoms with Crippen LogP contribution in [0.3, 0.4) is 0 Å². The zero-order chi connectivity index (χ0) is 26.8. The lowest BCUT2D eigenvalue weighted by molar-refractivity contribution is 0.212. The molecule has 0 radical (unpaired) electrons. The Hall–Kier alpha value is -3.14. The van der Waals surface area contributed by atoms with Crippen LogP contribution in [0.2, 0.25) is 0 Å². The molecule has 198 valence electrons. The van der Waals surface area contributed by atoms with E-state index in [0.717, 1.165) is 30.8 Å². The minimum Gasteiger partial charge on any atom is -0.203 e. The molecule has 4 heteroatoms. The molecule has 2 aliphatic rings. The Morgan fingerprint density at radius 2 is 1.18 bits per heavy atom. The zero-order valence-electron chi connectivity index (χ0n) is 22.0. The van der Waals surface area contributed by atoms with Crippen molar-refractivity contribution in [2.45, 2.75) is 58.8 Å². The fourth-order valence-electron chi connectivity index (χ4n) is 6.33. The molecule has 0 spiro atoms. The van der Waals surface area contributed by atoms with Gasteiger partial charge in [0, 0.05) is 16.7 Å². The molecule has 0 saturated heterocycles. The fourth-order valence-corrected chi connectivity index (χ4v) is 6.33. The highest BCUT2D eigenvalue weighted by Crippen LogP contribution is 2.42. The van der Waals surface area contributed by atoms with Gasteiger partial charge in [0.15, 0.2) is 23.3 Å². The third-order valence-electron chi connectivity index (χ3n) is 8.61. The molecule has 3 aromatic carbocycles. The summed E-state index contributed by atoms with van der Waals surface area (Å²) < 4.78 is 58.9. The molecule has 0 heterocycles. The first kappa shape index (κ1) is 26.5. The van der Waals surface area contributed by atoms with Gasteiger partial charge in [0.2, 0.25) is 0 Å². The van der Waals surface area contributed by atoms with E-state index < -0.39 is 23.3 Å². The van der Waals surface area contributed by atoms with Crippen molar-refractivity contribution in [1.82, 2.24) is 0 Å². The molecule has 0 aliphatic heterocycles. The van der Waals surface area contributed by atoms with Crippen molar-refractivity contribution < 1.29 is 17.6 Å². The van der Waals surface area contributed by atoms with Crippen LogP contribution >= 0.6 is 0 Å². The number of hydrogen-bond acceptors (Lipinski definition) is 0. The molecule has 1 unspecified atom stereocenters. The second-order valence-electron chi connectivity index (χ2n) is 10.9. The van der Waals surface area contributed by atoms with Crippen molar-refractivity contribution in [1.29, 1.82) is 0 Å². The molecular weight excluding hydrogens is 484 g/mol. The maximum atomic E-state index is 15.3. The Morgan fingerprint density at radius 3 is 1.76 bits per heavy atom. The van der Waals surface area contributed by atoms with Gasteiger partial charge in [-0.25, -0.2) is 17.6 Å². The Kier molecular flexibility index (Phi) is 7.88. The van der Waals surface area contributed by atoms with Crippen LogP contribution in [0.1, 0.15) is 63.0 Å². The highest BCUT2D eigenvalue weighted by molar-refractivity contribution is 5.74. The van der Waals surface area contributed by atoms with Gasteiger partial charge < -0.3 is 0 Å². The molecule has 0 N–H and O–H groups in total. The molecule has 1 fully saturated rings. The van der Waals surface area contributed by atoms with Crippen molar-refractivity contribution in [3.63, 3.8) is 0 Å². The first-order valence-electron chi connectivity index (χ1n) is 13.7. The van der Waals surface area contributed by atoms with Gasteiger partial charge in [-0.3, -0.25) is 0 Å². The summed E-state index contributed by atoms with van der Waals surface area (Å²) in [5.41, 5.74) is 2.71. The Bertz CT molecular complexity index is 1360. The third kappa shape index (κ3) is 5.23. The first-order chi connectivity index (χ1) is 18.4. The largest absolute Gasteiger partial charge is 0.203 e. The van der Waals surface area contributed by atoms with E-state index in [1.54, 1.807) is 36.4 Å². The quantitative estimate of drug-likeness (QED) is 0.233. The summed E-state index contributed by atoms with van der Waals surface area (Å²) in [5.74, 6) is -1.43. The summed E-state index contributed by atoms with van der Waals surface area (Å²) in [6.07, 6.45) is 14.3. The fraction of sp³-hybridized carbons (Fsp3) is 0.353. The number of allylic oxidation sites excluding steroid dienone is 4. The van der Waals surface area contributed by atoms with Crippen LogP contribution in [0, 0.1) is 47.9 Å². The summed E-state index contributed by atoms with van der Waals surface area (Å²) >= 11 is 0. The predicted octanol–water partition coefficient (Wildman–Crippen LogP) is 10.5. The van der Waals surface area contributed by atoms with Crippen molar-refractivity contribution in [2.24, 2.45) is 17.8 Å². The SMILES string of the molecule is CC=CC1CCC(C2CC=C(c3ccc(-c4ccc(-c5ccc(C)c(F)c5F)cc4)c(F)c3F)CC2)CC1. The number of rotatable bonds is 5. The van der Waals surface area contributed by atoms with Gasteiger partial charge in [0.1, 0.15) is 0 Å². The summed E-state index contributed by atoms with van der Waals surface area (Å²) in [4.78, 5) is 0. The van der Waals surface area contributed by atoms with E-state index in [9.17, 15) is 8.78 Å². The number of hydrogen-bond donors (Lipinski definition) is 0. The summed E-state index contributed by atoms with van der Waals surface area (Å²) in [5, 5.41) is 0. The number of aryl methyl sites for hydroxylation is 1. The molecule has 0 bridgehead atoms. The molecule has 1 atom stereocenters. The van der Waals surface area contributed by atoms with Crippen LogP contribution in [0.15, 0.2) is 66.8 Å². The highest BCUT2D eigenvalue weighted by atomic mass is 19.2. The lowest BCUT2D eigenvalue weighted by atomic mass is 9.71. The van der Waals surface area contributed by atoms with Gasteiger partial charge in [0.25, 0.3) is 0 Å². The topological polar surface area (TPSA) is 0 Å². The second kappa shape index (κ2) is 11.3. The van der Waals surface area contributed by atoms with Crippen LogP contribution in [0.5, 0.6) is 0 Å². The van der Waals surface area contributed by atoms with Crippen molar-refractivity contribution >= 4 is 5.57 Å². The van der Waals surface area contributed by atoms with E-state index in [1.165, 1.54) is 44.7 Å². The van der Waals surface area contributed by atoms with E-state index in [0.29, 0.717) is 28.5 Å².